The van der Waals surface area contributed by atoms with E-state index in [1.54, 1.807) is 12.4 Å². The second kappa shape index (κ2) is 33.1. The number of hydrogen-bond donors (Lipinski definition) is 11. The summed E-state index contributed by atoms with van der Waals surface area (Å²) in [5.41, 5.74) is 1.89. The van der Waals surface area contributed by atoms with Gasteiger partial charge >= 0.3 is 42.4 Å². The summed E-state index contributed by atoms with van der Waals surface area (Å²) in [6.07, 6.45) is -0.337. The van der Waals surface area contributed by atoms with Crippen LogP contribution in [0.1, 0.15) is 56.3 Å². The van der Waals surface area contributed by atoms with Gasteiger partial charge in [0, 0.05) is 58.4 Å². The molecule has 2 aromatic rings. The molecule has 0 saturated carbocycles. The third-order valence-electron chi connectivity index (χ3n) is 5.76. The number of carbonyl (C=O) groups excluding carboxylic acids is 1. The van der Waals surface area contributed by atoms with Crippen LogP contribution < -0.4 is 27.6 Å². The van der Waals surface area contributed by atoms with E-state index in [9.17, 15) is 29.4 Å². The number of urea groups is 1. The molecule has 0 fully saturated rings. The van der Waals surface area contributed by atoms with Crippen molar-refractivity contribution in [2.45, 2.75) is 70.1 Å². The fourth-order valence-corrected chi connectivity index (χ4v) is 3.90. The number of unbranched alkanes of at least 4 members (excludes halogenated alkanes) is 2. The maximum atomic E-state index is 12.3. The van der Waals surface area contributed by atoms with Crippen molar-refractivity contribution >= 4 is 42.4 Å². The van der Waals surface area contributed by atoms with Crippen molar-refractivity contribution in [1.82, 2.24) is 25.5 Å². The van der Waals surface area contributed by atoms with E-state index in [-0.39, 0.29) is 50.2 Å². The summed E-state index contributed by atoms with van der Waals surface area (Å²) in [5, 5.41) is 73.7. The summed E-state index contributed by atoms with van der Waals surface area (Å²) in [4.78, 5) is 82.3. The predicted molar refractivity (Wildman–Crippen MR) is 169 cm³/mol. The summed E-state index contributed by atoms with van der Waals surface area (Å²) in [6.45, 7) is 2.09. The van der Waals surface area contributed by atoms with Gasteiger partial charge in [-0.2, -0.15) is 0 Å². The van der Waals surface area contributed by atoms with Gasteiger partial charge < -0.3 is 73.6 Å². The quantitative estimate of drug-likeness (QED) is 0.0887. The van der Waals surface area contributed by atoms with Crippen LogP contribution in [-0.4, -0.2) is 122 Å². The molecule has 0 aliphatic carbocycles. The van der Waals surface area contributed by atoms with Gasteiger partial charge in [-0.3, -0.25) is 24.5 Å². The molecule has 2 atom stereocenters. The van der Waals surface area contributed by atoms with Crippen LogP contribution in [0.3, 0.4) is 0 Å². The maximum absolute atomic E-state index is 12.3. The Hall–Kier alpha value is -5.11. The van der Waals surface area contributed by atoms with Gasteiger partial charge in [0.25, 0.3) is 0 Å². The number of amides is 2. The van der Waals surface area contributed by atoms with Crippen molar-refractivity contribution in [3.8, 4) is 0 Å². The predicted octanol–water partition coefficient (Wildman–Crippen LogP) is 0.168. The van der Waals surface area contributed by atoms with Crippen LogP contribution in [0.4, 0.5) is 19.2 Å². The minimum atomic E-state index is -1.83. The van der Waals surface area contributed by atoms with E-state index in [0.29, 0.717) is 25.9 Å². The SMILES string of the molecule is O=C(O)CC[C@H](NC(=O)N[C@@H](CCCCCN(Cc1ccccn1)Cc1ccccn1)CC(=O)O)C(=O)O.O=C(O)O.O=C(O)O.O=C(O)O.[Br-].[Re]. The van der Waals surface area contributed by atoms with Gasteiger partial charge in [-0.05, 0) is 50.1 Å². The first-order valence-corrected chi connectivity index (χ1v) is 14.4. The summed E-state index contributed by atoms with van der Waals surface area (Å²) in [5.74, 6) is -3.63. The Labute approximate surface area is 320 Å². The largest absolute Gasteiger partial charge is 1.00 e. The van der Waals surface area contributed by atoms with Gasteiger partial charge in [0.2, 0.25) is 0 Å². The van der Waals surface area contributed by atoms with Crippen molar-refractivity contribution in [1.29, 1.82) is 0 Å². The molecule has 23 heteroatoms. The molecular weight excluding hydrogens is 940 g/mol. The molecule has 2 heterocycles. The van der Waals surface area contributed by atoms with Gasteiger partial charge in [0.15, 0.2) is 0 Å². The fourth-order valence-electron chi connectivity index (χ4n) is 3.90. The first-order chi connectivity index (χ1) is 23.4. The molecule has 2 amide bonds. The average Bonchev–Trinajstić information content (AvgIpc) is 2.98. The molecule has 11 N–H and O–H groups in total. The number of rotatable bonds is 18. The van der Waals surface area contributed by atoms with Gasteiger partial charge in [0.1, 0.15) is 6.04 Å². The summed E-state index contributed by atoms with van der Waals surface area (Å²) >= 11 is 0. The number of aliphatic carboxylic acids is 3. The Bertz CT molecular complexity index is 1250. The van der Waals surface area contributed by atoms with Crippen molar-refractivity contribution in [3.63, 3.8) is 0 Å². The number of halogens is 1. The number of carboxylic acids is 3. The minimum Gasteiger partial charge on any atom is -1.00 e. The van der Waals surface area contributed by atoms with Crippen LogP contribution in [0.2, 0.25) is 0 Å². The van der Waals surface area contributed by atoms with Crippen molar-refractivity contribution < 1.29 is 117 Å². The van der Waals surface area contributed by atoms with Crippen LogP contribution in [0.25, 0.3) is 0 Å². The number of aromatic nitrogens is 2. The van der Waals surface area contributed by atoms with Gasteiger partial charge in [0.05, 0.1) is 17.8 Å². The molecule has 2 aromatic heterocycles. The zero-order chi connectivity index (χ0) is 38.5. The topological polar surface area (TPSA) is 355 Å². The molecular formula is C29H41BrN5O16Re-. The summed E-state index contributed by atoms with van der Waals surface area (Å²) in [7, 11) is 0. The van der Waals surface area contributed by atoms with E-state index < -0.39 is 60.9 Å². The number of hydrogen-bond acceptors (Lipinski definition) is 10. The van der Waals surface area contributed by atoms with Crippen LogP contribution in [0.15, 0.2) is 48.8 Å². The average molecular weight is 982 g/mol. The Morgan fingerprint density at radius 1 is 0.635 bits per heavy atom. The minimum absolute atomic E-state index is 0. The fraction of sp³-hybridized carbons (Fsp3) is 0.414. The molecule has 52 heavy (non-hydrogen) atoms. The Kier molecular flexibility index (Phi) is 34.1. The van der Waals surface area contributed by atoms with E-state index in [1.165, 1.54) is 0 Å². The van der Waals surface area contributed by atoms with Crippen LogP contribution in [0.5, 0.6) is 0 Å². The van der Waals surface area contributed by atoms with Crippen LogP contribution in [0, 0.1) is 0 Å². The van der Waals surface area contributed by atoms with E-state index in [4.69, 9.17) is 50.1 Å². The molecule has 0 aliphatic heterocycles. The number of nitrogens with zero attached hydrogens (tertiary/aromatic N) is 3. The first-order valence-electron chi connectivity index (χ1n) is 14.4. The smallest absolute Gasteiger partial charge is 0.503 e. The summed E-state index contributed by atoms with van der Waals surface area (Å²) in [6, 6.07) is 8.63. The molecule has 2 rings (SSSR count). The van der Waals surface area contributed by atoms with Crippen molar-refractivity contribution in [2.75, 3.05) is 6.54 Å². The molecule has 0 aromatic carbocycles. The van der Waals surface area contributed by atoms with Gasteiger partial charge in [-0.1, -0.05) is 25.0 Å². The van der Waals surface area contributed by atoms with Crippen molar-refractivity contribution in [2.24, 2.45) is 0 Å². The Balaban J connectivity index is -0.000000714. The van der Waals surface area contributed by atoms with Gasteiger partial charge in [-0.25, -0.2) is 24.0 Å². The molecule has 0 saturated heterocycles. The monoisotopic (exact) mass is 981 g/mol. The normalized spacial score (nSPS) is 10.5. The van der Waals surface area contributed by atoms with E-state index >= 15 is 0 Å². The second-order valence-corrected chi connectivity index (χ2v) is 9.79. The molecule has 0 spiro atoms. The Morgan fingerprint density at radius 2 is 1.10 bits per heavy atom. The maximum Gasteiger partial charge on any atom is 0.503 e. The molecule has 293 valence electrons. The zero-order valence-electron chi connectivity index (χ0n) is 27.3. The number of nitrogens with one attached hydrogen (secondary N) is 2. The number of carboxylic acid groups (broad SMARTS) is 9. The molecule has 0 unspecified atom stereocenters. The molecule has 0 aliphatic rings. The first kappa shape index (κ1) is 53.7. The zero-order valence-corrected chi connectivity index (χ0v) is 31.6. The van der Waals surface area contributed by atoms with Crippen LogP contribution >= 0.6 is 0 Å². The third kappa shape index (κ3) is 37.7. The molecule has 1 radical (unpaired) electrons. The van der Waals surface area contributed by atoms with E-state index in [0.717, 1.165) is 30.8 Å². The van der Waals surface area contributed by atoms with E-state index in [1.807, 2.05) is 36.4 Å². The van der Waals surface area contributed by atoms with Crippen molar-refractivity contribution in [3.05, 3.63) is 60.2 Å². The van der Waals surface area contributed by atoms with Gasteiger partial charge in [-0.15, -0.1) is 0 Å². The standard InChI is InChI=1S/C26H35N5O7.3CH2O3.BrH.Re/c32-23(33)12-11-22(25(36)37)30-26(38)29-19(16-24(34)35)8-2-1-7-15-31(17-20-9-3-5-13-27-20)18-21-10-4-6-14-28-21;3*2-1(3)4;;/h3-6,9-10,13-14,19,22H,1-2,7-8,11-12,15-18H2,(H,32,33)(H,34,35)(H,36,37)(H2,29,30,38);3*(H2,2,3,4);1H;/p-1/t19-,22-;;;;;/m0...../s1. The molecule has 21 nitrogen and oxygen atoms in total. The number of pyridine rings is 2. The third-order valence-corrected chi connectivity index (χ3v) is 5.76. The number of carbonyl (C=O) groups is 7. The van der Waals surface area contributed by atoms with Crippen LogP contribution in [-0.2, 0) is 47.9 Å². The van der Waals surface area contributed by atoms with E-state index in [2.05, 4.69) is 25.5 Å². The summed E-state index contributed by atoms with van der Waals surface area (Å²) < 4.78 is 0. The molecule has 0 bridgehead atoms. The Morgan fingerprint density at radius 3 is 1.46 bits per heavy atom. The second-order valence-electron chi connectivity index (χ2n) is 9.79.